The zero-order valence-electron chi connectivity index (χ0n) is 13.6. The van der Waals surface area contributed by atoms with E-state index in [0.717, 1.165) is 25.2 Å². The minimum atomic E-state index is -0.166. The van der Waals surface area contributed by atoms with E-state index in [2.05, 4.69) is 4.98 Å². The van der Waals surface area contributed by atoms with Crippen LogP contribution in [-0.4, -0.2) is 60.9 Å². The van der Waals surface area contributed by atoms with Gasteiger partial charge in [-0.3, -0.25) is 9.78 Å². The molecule has 0 aromatic carbocycles. The standard InChI is InChI=1S/C17H24N2O4/c1-2-21-11-16(20)19-12-17(13-19)14(6-9-23-17)5-8-22-15-4-3-7-18-10-15/h3-4,7,10,14H,2,5-6,8-9,11-13H2,1H3/t14-/m1/s1. The van der Waals surface area contributed by atoms with Crippen LogP contribution in [0.5, 0.6) is 5.75 Å². The number of nitrogens with zero attached hydrogens (tertiary/aromatic N) is 2. The molecule has 2 aliphatic heterocycles. The van der Waals surface area contributed by atoms with Crippen LogP contribution in [0.1, 0.15) is 19.8 Å². The Morgan fingerprint density at radius 3 is 3.13 bits per heavy atom. The Morgan fingerprint density at radius 1 is 1.52 bits per heavy atom. The van der Waals surface area contributed by atoms with Crippen molar-refractivity contribution in [1.29, 1.82) is 0 Å². The van der Waals surface area contributed by atoms with Crippen LogP contribution in [0.3, 0.4) is 0 Å². The first-order chi connectivity index (χ1) is 11.2. The van der Waals surface area contributed by atoms with Crippen LogP contribution in [0.2, 0.25) is 0 Å². The van der Waals surface area contributed by atoms with Crippen LogP contribution in [0.25, 0.3) is 0 Å². The summed E-state index contributed by atoms with van der Waals surface area (Å²) in [4.78, 5) is 17.8. The number of hydrogen-bond donors (Lipinski definition) is 0. The number of carbonyl (C=O) groups excluding carboxylic acids is 1. The van der Waals surface area contributed by atoms with Gasteiger partial charge in [-0.2, -0.15) is 0 Å². The second kappa shape index (κ2) is 7.27. The van der Waals surface area contributed by atoms with Crippen LogP contribution >= 0.6 is 0 Å². The molecule has 1 amide bonds. The van der Waals surface area contributed by atoms with Gasteiger partial charge in [0.1, 0.15) is 18.0 Å². The lowest BCUT2D eigenvalue weighted by Gasteiger charge is -2.50. The largest absolute Gasteiger partial charge is 0.492 e. The molecule has 1 aromatic heterocycles. The van der Waals surface area contributed by atoms with Crippen LogP contribution in [0, 0.1) is 5.92 Å². The Morgan fingerprint density at radius 2 is 2.39 bits per heavy atom. The molecule has 0 saturated carbocycles. The minimum absolute atomic E-state index is 0.0540. The van der Waals surface area contributed by atoms with E-state index in [0.29, 0.717) is 32.2 Å². The maximum Gasteiger partial charge on any atom is 0.248 e. The summed E-state index contributed by atoms with van der Waals surface area (Å²) < 4.78 is 16.9. The smallest absolute Gasteiger partial charge is 0.248 e. The molecule has 0 unspecified atom stereocenters. The van der Waals surface area contributed by atoms with Gasteiger partial charge >= 0.3 is 0 Å². The molecule has 6 nitrogen and oxygen atoms in total. The highest BCUT2D eigenvalue weighted by Crippen LogP contribution is 2.41. The minimum Gasteiger partial charge on any atom is -0.492 e. The highest BCUT2D eigenvalue weighted by molar-refractivity contribution is 5.78. The fourth-order valence-corrected chi connectivity index (χ4v) is 3.35. The molecule has 23 heavy (non-hydrogen) atoms. The number of carbonyl (C=O) groups is 1. The van der Waals surface area contributed by atoms with E-state index >= 15 is 0 Å². The predicted molar refractivity (Wildman–Crippen MR) is 84.2 cm³/mol. The van der Waals surface area contributed by atoms with Crippen molar-refractivity contribution in [2.75, 3.05) is 39.5 Å². The molecule has 1 spiro atoms. The van der Waals surface area contributed by atoms with Crippen molar-refractivity contribution in [3.63, 3.8) is 0 Å². The summed E-state index contributed by atoms with van der Waals surface area (Å²) in [7, 11) is 0. The van der Waals surface area contributed by atoms with Crippen LogP contribution in [0.4, 0.5) is 0 Å². The SMILES string of the molecule is CCOCC(=O)N1CC2(C1)OCC[C@H]2CCOc1cccnc1. The molecule has 6 heteroatoms. The molecule has 0 radical (unpaired) electrons. The van der Waals surface area contributed by atoms with E-state index < -0.39 is 0 Å². The van der Waals surface area contributed by atoms with E-state index in [1.807, 2.05) is 24.0 Å². The third-order valence-corrected chi connectivity index (χ3v) is 4.67. The van der Waals surface area contributed by atoms with E-state index in [1.54, 1.807) is 12.4 Å². The van der Waals surface area contributed by atoms with Gasteiger partial charge in [0.15, 0.2) is 0 Å². The molecule has 1 atom stereocenters. The molecule has 2 fully saturated rings. The quantitative estimate of drug-likeness (QED) is 0.762. The Bertz CT molecular complexity index is 517. The second-order valence-corrected chi connectivity index (χ2v) is 6.11. The predicted octanol–water partition coefficient (Wildman–Crippen LogP) is 1.50. The number of amides is 1. The highest BCUT2D eigenvalue weighted by atomic mass is 16.5. The summed E-state index contributed by atoms with van der Waals surface area (Å²) in [5.41, 5.74) is -0.166. The van der Waals surface area contributed by atoms with Crippen molar-refractivity contribution in [2.24, 2.45) is 5.92 Å². The lowest BCUT2D eigenvalue weighted by molar-refractivity contribution is -0.169. The first-order valence-electron chi connectivity index (χ1n) is 8.26. The Balaban J connectivity index is 1.45. The number of aromatic nitrogens is 1. The third-order valence-electron chi connectivity index (χ3n) is 4.67. The van der Waals surface area contributed by atoms with Crippen LogP contribution in [0.15, 0.2) is 24.5 Å². The lowest BCUT2D eigenvalue weighted by Crippen LogP contribution is -2.66. The monoisotopic (exact) mass is 320 g/mol. The van der Waals surface area contributed by atoms with E-state index in [1.165, 1.54) is 0 Å². The molecule has 0 N–H and O–H groups in total. The normalized spacial score (nSPS) is 22.1. The summed E-state index contributed by atoms with van der Waals surface area (Å²) in [6.45, 7) is 5.40. The maximum absolute atomic E-state index is 11.9. The maximum atomic E-state index is 11.9. The number of hydrogen-bond acceptors (Lipinski definition) is 5. The van der Waals surface area contributed by atoms with Crippen molar-refractivity contribution in [2.45, 2.75) is 25.4 Å². The third kappa shape index (κ3) is 3.64. The van der Waals surface area contributed by atoms with Crippen molar-refractivity contribution >= 4 is 5.91 Å². The average Bonchev–Trinajstić information content (AvgIpc) is 2.96. The molecule has 1 aromatic rings. The van der Waals surface area contributed by atoms with Gasteiger partial charge in [-0.25, -0.2) is 0 Å². The highest BCUT2D eigenvalue weighted by Gasteiger charge is 2.54. The number of ether oxygens (including phenoxy) is 3. The lowest BCUT2D eigenvalue weighted by atomic mass is 9.79. The second-order valence-electron chi connectivity index (χ2n) is 6.11. The van der Waals surface area contributed by atoms with Crippen molar-refractivity contribution in [1.82, 2.24) is 9.88 Å². The zero-order valence-corrected chi connectivity index (χ0v) is 13.6. The average molecular weight is 320 g/mol. The number of rotatable bonds is 7. The van der Waals surface area contributed by atoms with E-state index in [4.69, 9.17) is 14.2 Å². The Hall–Kier alpha value is -1.66. The van der Waals surface area contributed by atoms with Crippen molar-refractivity contribution < 1.29 is 19.0 Å². The number of likely N-dealkylation sites (tertiary alicyclic amines) is 1. The van der Waals surface area contributed by atoms with Gasteiger partial charge in [0.05, 0.1) is 25.9 Å². The zero-order chi connectivity index (χ0) is 16.1. The Kier molecular flexibility index (Phi) is 5.13. The van der Waals surface area contributed by atoms with Gasteiger partial charge in [0.25, 0.3) is 0 Å². The van der Waals surface area contributed by atoms with Gasteiger partial charge in [0, 0.05) is 19.4 Å². The fraction of sp³-hybridized carbons (Fsp3) is 0.647. The van der Waals surface area contributed by atoms with E-state index in [-0.39, 0.29) is 18.1 Å². The van der Waals surface area contributed by atoms with Crippen LogP contribution in [-0.2, 0) is 14.3 Å². The molecule has 126 valence electrons. The van der Waals surface area contributed by atoms with Crippen molar-refractivity contribution in [3.05, 3.63) is 24.5 Å². The summed E-state index contributed by atoms with van der Waals surface area (Å²) in [6.07, 6.45) is 5.42. The van der Waals surface area contributed by atoms with Gasteiger partial charge < -0.3 is 19.1 Å². The summed E-state index contributed by atoms with van der Waals surface area (Å²) in [6, 6.07) is 3.77. The van der Waals surface area contributed by atoms with Gasteiger partial charge in [0.2, 0.25) is 5.91 Å². The molecular formula is C17H24N2O4. The van der Waals surface area contributed by atoms with Gasteiger partial charge in [-0.1, -0.05) is 0 Å². The topological polar surface area (TPSA) is 60.9 Å². The molecule has 3 heterocycles. The van der Waals surface area contributed by atoms with E-state index in [9.17, 15) is 4.79 Å². The summed E-state index contributed by atoms with van der Waals surface area (Å²) >= 11 is 0. The molecule has 2 saturated heterocycles. The molecular weight excluding hydrogens is 296 g/mol. The molecule has 2 aliphatic rings. The summed E-state index contributed by atoms with van der Waals surface area (Å²) in [5, 5.41) is 0. The van der Waals surface area contributed by atoms with Crippen LogP contribution < -0.4 is 4.74 Å². The van der Waals surface area contributed by atoms with Gasteiger partial charge in [-0.15, -0.1) is 0 Å². The van der Waals surface area contributed by atoms with Gasteiger partial charge in [-0.05, 0) is 37.8 Å². The first-order valence-corrected chi connectivity index (χ1v) is 8.26. The van der Waals surface area contributed by atoms with Crippen molar-refractivity contribution in [3.8, 4) is 5.75 Å². The molecule has 0 bridgehead atoms. The number of pyridine rings is 1. The Labute approximate surface area is 136 Å². The fourth-order valence-electron chi connectivity index (χ4n) is 3.35. The summed E-state index contributed by atoms with van der Waals surface area (Å²) in [5.74, 6) is 1.29. The molecule has 3 rings (SSSR count). The molecule has 0 aliphatic carbocycles. The first kappa shape index (κ1) is 16.2.